The first-order chi connectivity index (χ1) is 17.8. The lowest BCUT2D eigenvalue weighted by molar-refractivity contribution is -0.131. The van der Waals surface area contributed by atoms with Crippen molar-refractivity contribution < 1.29 is 24.3 Å². The molecule has 2 aromatic carbocycles. The predicted octanol–water partition coefficient (Wildman–Crippen LogP) is 2.62. The van der Waals surface area contributed by atoms with Crippen LogP contribution in [0, 0.1) is 18.3 Å². The minimum Gasteiger partial charge on any atom is -0.490 e. The van der Waals surface area contributed by atoms with E-state index in [9.17, 15) is 20.3 Å². The molecule has 0 unspecified atom stereocenters. The number of nitrogens with one attached hydrogen (secondary N) is 1. The fourth-order valence-corrected chi connectivity index (χ4v) is 4.38. The van der Waals surface area contributed by atoms with Crippen molar-refractivity contribution in [3.8, 4) is 34.7 Å². The Morgan fingerprint density at radius 2 is 2.03 bits per heavy atom. The number of aliphatic hydroxyl groups is 2. The number of benzene rings is 2. The number of fused-ring (bicyclic) bond motifs is 1. The summed E-state index contributed by atoms with van der Waals surface area (Å²) in [5.41, 5.74) is 5.14. The highest BCUT2D eigenvalue weighted by atomic mass is 35.5. The van der Waals surface area contributed by atoms with Crippen molar-refractivity contribution in [1.29, 1.82) is 5.26 Å². The second-order valence-electron chi connectivity index (χ2n) is 9.30. The fourth-order valence-electron chi connectivity index (χ4n) is 4.38. The predicted molar refractivity (Wildman–Crippen MR) is 143 cm³/mol. The summed E-state index contributed by atoms with van der Waals surface area (Å²) in [6.07, 6.45) is 0.643. The monoisotopic (exact) mass is 541 g/mol. The molecule has 10 nitrogen and oxygen atoms in total. The van der Waals surface area contributed by atoms with Crippen LogP contribution in [0.2, 0.25) is 0 Å². The van der Waals surface area contributed by atoms with Gasteiger partial charge in [0.1, 0.15) is 11.8 Å². The van der Waals surface area contributed by atoms with E-state index >= 15 is 0 Å². The number of amides is 1. The second-order valence-corrected chi connectivity index (χ2v) is 9.30. The van der Waals surface area contributed by atoms with Crippen LogP contribution in [0.25, 0.3) is 22.8 Å². The molecule has 0 saturated heterocycles. The van der Waals surface area contributed by atoms with Crippen molar-refractivity contribution in [3.63, 3.8) is 0 Å². The van der Waals surface area contributed by atoms with Gasteiger partial charge in [0.15, 0.2) is 0 Å². The van der Waals surface area contributed by atoms with Gasteiger partial charge < -0.3 is 29.7 Å². The zero-order valence-corrected chi connectivity index (χ0v) is 22.4. The Morgan fingerprint density at radius 1 is 1.26 bits per heavy atom. The van der Waals surface area contributed by atoms with Crippen LogP contribution in [0.3, 0.4) is 0 Å². The molecule has 202 valence electrons. The number of halogens is 1. The largest absolute Gasteiger partial charge is 0.490 e. The van der Waals surface area contributed by atoms with Gasteiger partial charge in [-0.1, -0.05) is 17.3 Å². The molecule has 1 aliphatic rings. The van der Waals surface area contributed by atoms with Gasteiger partial charge in [0.2, 0.25) is 11.7 Å². The van der Waals surface area contributed by atoms with E-state index < -0.39 is 6.04 Å². The lowest BCUT2D eigenvalue weighted by atomic mass is 9.91. The normalized spacial score (nSPS) is 12.7. The summed E-state index contributed by atoms with van der Waals surface area (Å²) < 4.78 is 11.2. The molecule has 1 amide bonds. The molecular formula is C27H32ClN5O5. The number of ether oxygens (including phenoxy) is 1. The maximum Gasteiger partial charge on any atom is 0.258 e. The molecule has 11 heteroatoms. The van der Waals surface area contributed by atoms with Gasteiger partial charge in [-0.15, -0.1) is 12.4 Å². The number of aliphatic hydroxyl groups excluding tert-OH is 2. The van der Waals surface area contributed by atoms with Crippen LogP contribution in [-0.2, 0) is 17.8 Å². The summed E-state index contributed by atoms with van der Waals surface area (Å²) in [5, 5.41) is 34.9. The third-order valence-electron chi connectivity index (χ3n) is 6.40. The molecule has 0 saturated carbocycles. The van der Waals surface area contributed by atoms with Gasteiger partial charge in [0.05, 0.1) is 37.5 Å². The number of carbonyl (C=O) groups excluding carboxylic acids is 1. The van der Waals surface area contributed by atoms with Gasteiger partial charge in [-0.05, 0) is 62.1 Å². The van der Waals surface area contributed by atoms with Crippen molar-refractivity contribution >= 4 is 18.3 Å². The molecule has 2 heterocycles. The Hall–Kier alpha value is -3.49. The number of rotatable bonds is 9. The van der Waals surface area contributed by atoms with E-state index in [1.54, 1.807) is 23.1 Å². The van der Waals surface area contributed by atoms with E-state index in [1.165, 1.54) is 0 Å². The first-order valence-electron chi connectivity index (χ1n) is 12.2. The van der Waals surface area contributed by atoms with E-state index in [1.807, 2.05) is 32.9 Å². The van der Waals surface area contributed by atoms with Crippen molar-refractivity contribution in [2.45, 2.75) is 45.9 Å². The number of nitriles is 1. The third kappa shape index (κ3) is 6.31. The van der Waals surface area contributed by atoms with Gasteiger partial charge in [-0.3, -0.25) is 4.79 Å². The summed E-state index contributed by atoms with van der Waals surface area (Å²) >= 11 is 0. The molecule has 0 atom stereocenters. The van der Waals surface area contributed by atoms with Crippen LogP contribution >= 0.6 is 12.4 Å². The molecule has 0 bridgehead atoms. The number of nitrogens with zero attached hydrogens (tertiary/aromatic N) is 4. The highest BCUT2D eigenvalue weighted by Gasteiger charge is 2.24. The first kappa shape index (κ1) is 29.1. The van der Waals surface area contributed by atoms with Gasteiger partial charge in [0, 0.05) is 24.2 Å². The van der Waals surface area contributed by atoms with Crippen molar-refractivity contribution in [2.24, 2.45) is 0 Å². The Balaban J connectivity index is 0.00000400. The van der Waals surface area contributed by atoms with Crippen LogP contribution in [0.4, 0.5) is 0 Å². The van der Waals surface area contributed by atoms with Crippen LogP contribution in [-0.4, -0.2) is 69.6 Å². The van der Waals surface area contributed by atoms with E-state index in [0.717, 1.165) is 22.3 Å². The molecule has 3 aromatic rings. The first-order valence-corrected chi connectivity index (χ1v) is 12.2. The standard InChI is InChI=1S/C27H31N5O5.ClH/c1-16(2)36-24-7-5-18(10-20(24)11-28)27-30-26(31-37-27)23-6-4-19-13-32(9-8-22(19)17(23)3)25(35)12-29-21(14-33)15-34;/h4-7,10,16,21,29,33-34H,8-9,12-15H2,1-3H3;1H. The SMILES string of the molecule is Cc1c(-c2noc(-c3ccc(OC(C)C)c(C#N)c3)n2)ccc2c1CCN(C(=O)CNC(CO)CO)C2.Cl. The molecule has 0 radical (unpaired) electrons. The molecule has 3 N–H and O–H groups in total. The quantitative estimate of drug-likeness (QED) is 0.372. The molecule has 1 aliphatic heterocycles. The Kier molecular flexibility index (Phi) is 9.83. The van der Waals surface area contributed by atoms with Crippen molar-refractivity contribution in [3.05, 3.63) is 52.6 Å². The average Bonchev–Trinajstić information content (AvgIpc) is 3.39. The molecule has 0 spiro atoms. The van der Waals surface area contributed by atoms with E-state index in [-0.39, 0.29) is 44.2 Å². The molecule has 0 aliphatic carbocycles. The fraction of sp³-hybridized carbons (Fsp3) is 0.407. The van der Waals surface area contributed by atoms with Crippen LogP contribution < -0.4 is 10.1 Å². The lowest BCUT2D eigenvalue weighted by Gasteiger charge is -2.31. The Morgan fingerprint density at radius 3 is 2.71 bits per heavy atom. The maximum absolute atomic E-state index is 12.6. The molecule has 1 aromatic heterocycles. The summed E-state index contributed by atoms with van der Waals surface area (Å²) in [5.74, 6) is 1.20. The van der Waals surface area contributed by atoms with Crippen molar-refractivity contribution in [1.82, 2.24) is 20.4 Å². The highest BCUT2D eigenvalue weighted by Crippen LogP contribution is 2.32. The number of aromatic nitrogens is 2. The third-order valence-corrected chi connectivity index (χ3v) is 6.40. The lowest BCUT2D eigenvalue weighted by Crippen LogP contribution is -2.45. The van der Waals surface area contributed by atoms with E-state index in [4.69, 9.17) is 9.26 Å². The van der Waals surface area contributed by atoms with E-state index in [0.29, 0.717) is 48.1 Å². The Bertz CT molecular complexity index is 1320. The number of hydrogen-bond donors (Lipinski definition) is 3. The molecular weight excluding hydrogens is 510 g/mol. The molecule has 4 rings (SSSR count). The number of carbonyl (C=O) groups is 1. The van der Waals surface area contributed by atoms with Gasteiger partial charge in [0.25, 0.3) is 5.89 Å². The second kappa shape index (κ2) is 12.8. The van der Waals surface area contributed by atoms with Gasteiger partial charge in [-0.2, -0.15) is 10.2 Å². The Labute approximate surface area is 227 Å². The summed E-state index contributed by atoms with van der Waals surface area (Å²) in [4.78, 5) is 19.0. The van der Waals surface area contributed by atoms with Crippen LogP contribution in [0.5, 0.6) is 5.75 Å². The van der Waals surface area contributed by atoms with Crippen LogP contribution in [0.15, 0.2) is 34.9 Å². The smallest absolute Gasteiger partial charge is 0.258 e. The van der Waals surface area contributed by atoms with Crippen LogP contribution in [0.1, 0.15) is 36.1 Å². The van der Waals surface area contributed by atoms with Crippen molar-refractivity contribution in [2.75, 3.05) is 26.3 Å². The minimum atomic E-state index is -0.511. The summed E-state index contributed by atoms with van der Waals surface area (Å²) in [6.45, 7) is 6.47. The minimum absolute atomic E-state index is 0. The van der Waals surface area contributed by atoms with Gasteiger partial charge >= 0.3 is 0 Å². The highest BCUT2D eigenvalue weighted by molar-refractivity contribution is 5.85. The molecule has 0 fully saturated rings. The van der Waals surface area contributed by atoms with Gasteiger partial charge in [-0.25, -0.2) is 0 Å². The topological polar surface area (TPSA) is 145 Å². The molecule has 38 heavy (non-hydrogen) atoms. The van der Waals surface area contributed by atoms with E-state index in [2.05, 4.69) is 21.5 Å². The average molecular weight is 542 g/mol. The zero-order valence-electron chi connectivity index (χ0n) is 21.6. The number of hydrogen-bond acceptors (Lipinski definition) is 9. The summed E-state index contributed by atoms with van der Waals surface area (Å²) in [7, 11) is 0. The zero-order chi connectivity index (χ0) is 26.5. The maximum atomic E-state index is 12.6. The summed E-state index contributed by atoms with van der Waals surface area (Å²) in [6, 6.07) is 10.8.